The summed E-state index contributed by atoms with van der Waals surface area (Å²) in [5.41, 5.74) is 4.24. The van der Waals surface area contributed by atoms with Gasteiger partial charge in [-0.1, -0.05) is 25.6 Å². The Kier molecular flexibility index (Phi) is 5.02. The monoisotopic (exact) mass is 245 g/mol. The van der Waals surface area contributed by atoms with Gasteiger partial charge in [-0.25, -0.2) is 4.39 Å². The Labute approximate surface area is 109 Å². The van der Waals surface area contributed by atoms with Crippen LogP contribution in [-0.4, -0.2) is 5.71 Å². The van der Waals surface area contributed by atoms with Crippen LogP contribution in [0.15, 0.2) is 41.5 Å². The van der Waals surface area contributed by atoms with Crippen LogP contribution in [0.3, 0.4) is 0 Å². The molecule has 0 unspecified atom stereocenters. The van der Waals surface area contributed by atoms with Crippen molar-refractivity contribution in [1.82, 2.24) is 0 Å². The Morgan fingerprint density at radius 1 is 1.39 bits per heavy atom. The summed E-state index contributed by atoms with van der Waals surface area (Å²) < 4.78 is 13.9. The zero-order valence-corrected chi connectivity index (χ0v) is 11.5. The second kappa shape index (κ2) is 6.29. The summed E-state index contributed by atoms with van der Waals surface area (Å²) >= 11 is 0. The molecule has 18 heavy (non-hydrogen) atoms. The Morgan fingerprint density at radius 2 is 2.06 bits per heavy atom. The largest absolute Gasteiger partial charge is 0.261 e. The highest BCUT2D eigenvalue weighted by atomic mass is 19.1. The molecule has 0 radical (unpaired) electrons. The average Bonchev–Trinajstić information content (AvgIpc) is 2.31. The van der Waals surface area contributed by atoms with E-state index < -0.39 is 0 Å². The van der Waals surface area contributed by atoms with Crippen LogP contribution in [0.2, 0.25) is 0 Å². The van der Waals surface area contributed by atoms with Crippen LogP contribution < -0.4 is 0 Å². The molecule has 1 nitrogen and oxygen atoms in total. The van der Waals surface area contributed by atoms with Gasteiger partial charge in [-0.15, -0.1) is 0 Å². The van der Waals surface area contributed by atoms with E-state index in [4.69, 9.17) is 0 Å². The second-order valence-electron chi connectivity index (χ2n) is 4.49. The number of benzene rings is 1. The normalized spacial score (nSPS) is 12.7. The standard InChI is InChI=1S/C16H20FN/c1-6-14(10-18-13(5)11(2)3)15-8-7-12(4)9-16(15)17/h7-10H,2,6H2,1,3-5H3/b14-10+,18-13?. The lowest BCUT2D eigenvalue weighted by atomic mass is 10.0. The lowest BCUT2D eigenvalue weighted by molar-refractivity contribution is 0.622. The predicted octanol–water partition coefficient (Wildman–Crippen LogP) is 4.92. The van der Waals surface area contributed by atoms with Crippen molar-refractivity contribution in [3.8, 4) is 0 Å². The molecule has 0 atom stereocenters. The van der Waals surface area contributed by atoms with Gasteiger partial charge in [0, 0.05) is 17.5 Å². The molecule has 0 fully saturated rings. The fourth-order valence-electron chi connectivity index (χ4n) is 1.52. The van der Waals surface area contributed by atoms with Crippen molar-refractivity contribution in [3.63, 3.8) is 0 Å². The molecule has 0 aliphatic carbocycles. The van der Waals surface area contributed by atoms with Crippen LogP contribution in [0.1, 0.15) is 38.3 Å². The number of halogens is 1. The highest BCUT2D eigenvalue weighted by Gasteiger charge is 2.06. The minimum absolute atomic E-state index is 0.189. The number of aliphatic imine (C=N–C) groups is 1. The second-order valence-corrected chi connectivity index (χ2v) is 4.49. The van der Waals surface area contributed by atoms with Gasteiger partial charge in [-0.3, -0.25) is 4.99 Å². The van der Waals surface area contributed by atoms with Crippen LogP contribution in [0.25, 0.3) is 5.57 Å². The van der Waals surface area contributed by atoms with Gasteiger partial charge in [0.1, 0.15) is 5.82 Å². The summed E-state index contributed by atoms with van der Waals surface area (Å²) in [5.74, 6) is -0.189. The Hall–Kier alpha value is -1.70. The van der Waals surface area contributed by atoms with E-state index in [1.807, 2.05) is 39.8 Å². The molecule has 0 saturated carbocycles. The van der Waals surface area contributed by atoms with E-state index in [0.717, 1.165) is 28.8 Å². The zero-order valence-electron chi connectivity index (χ0n) is 11.5. The van der Waals surface area contributed by atoms with Gasteiger partial charge >= 0.3 is 0 Å². The number of rotatable bonds is 4. The number of hydrogen-bond donors (Lipinski definition) is 0. The van der Waals surface area contributed by atoms with Gasteiger partial charge in [0.15, 0.2) is 0 Å². The first-order chi connectivity index (χ1) is 8.45. The van der Waals surface area contributed by atoms with Crippen molar-refractivity contribution < 1.29 is 4.39 Å². The first kappa shape index (κ1) is 14.4. The van der Waals surface area contributed by atoms with E-state index in [0.29, 0.717) is 5.56 Å². The van der Waals surface area contributed by atoms with Crippen molar-refractivity contribution in [1.29, 1.82) is 0 Å². The maximum absolute atomic E-state index is 13.9. The SMILES string of the molecule is C=C(C)C(C)=N/C=C(\CC)c1ccc(C)cc1F. The summed E-state index contributed by atoms with van der Waals surface area (Å²) in [7, 11) is 0. The molecule has 0 aliphatic heterocycles. The summed E-state index contributed by atoms with van der Waals surface area (Å²) in [6, 6.07) is 5.27. The lowest BCUT2D eigenvalue weighted by Gasteiger charge is -2.06. The molecule has 0 bridgehead atoms. The minimum atomic E-state index is -0.189. The maximum Gasteiger partial charge on any atom is 0.131 e. The Morgan fingerprint density at radius 3 is 2.56 bits per heavy atom. The van der Waals surface area contributed by atoms with Crippen LogP contribution in [0.4, 0.5) is 4.39 Å². The molecule has 0 N–H and O–H groups in total. The Bertz CT molecular complexity index is 510. The quantitative estimate of drug-likeness (QED) is 0.667. The van der Waals surface area contributed by atoms with Crippen molar-refractivity contribution in [2.24, 2.45) is 4.99 Å². The van der Waals surface area contributed by atoms with Crippen LogP contribution in [-0.2, 0) is 0 Å². The number of aryl methyl sites for hydroxylation is 1. The van der Waals surface area contributed by atoms with Crippen LogP contribution >= 0.6 is 0 Å². The molecule has 0 saturated heterocycles. The van der Waals surface area contributed by atoms with E-state index in [2.05, 4.69) is 11.6 Å². The molecule has 1 rings (SSSR count). The molecular weight excluding hydrogens is 225 g/mol. The van der Waals surface area contributed by atoms with Gasteiger partial charge in [0.05, 0.1) is 0 Å². The van der Waals surface area contributed by atoms with Gasteiger partial charge in [-0.2, -0.15) is 0 Å². The molecule has 2 heteroatoms. The lowest BCUT2D eigenvalue weighted by Crippen LogP contribution is -1.92. The van der Waals surface area contributed by atoms with Crippen molar-refractivity contribution in [2.75, 3.05) is 0 Å². The van der Waals surface area contributed by atoms with Gasteiger partial charge < -0.3 is 0 Å². The fraction of sp³-hybridized carbons (Fsp3) is 0.312. The molecule has 0 aromatic heterocycles. The summed E-state index contributed by atoms with van der Waals surface area (Å²) in [6.45, 7) is 11.5. The molecule has 1 aromatic carbocycles. The van der Waals surface area contributed by atoms with Crippen molar-refractivity contribution in [3.05, 3.63) is 53.5 Å². The molecule has 0 spiro atoms. The third-order valence-electron chi connectivity index (χ3n) is 2.88. The van der Waals surface area contributed by atoms with E-state index >= 15 is 0 Å². The van der Waals surface area contributed by atoms with E-state index in [-0.39, 0.29) is 5.82 Å². The van der Waals surface area contributed by atoms with E-state index in [9.17, 15) is 4.39 Å². The fourth-order valence-corrected chi connectivity index (χ4v) is 1.52. The highest BCUT2D eigenvalue weighted by Crippen LogP contribution is 2.22. The Balaban J connectivity index is 3.14. The minimum Gasteiger partial charge on any atom is -0.261 e. The third kappa shape index (κ3) is 3.66. The molecule has 0 amide bonds. The third-order valence-corrected chi connectivity index (χ3v) is 2.88. The van der Waals surface area contributed by atoms with Gasteiger partial charge in [0.2, 0.25) is 0 Å². The molecule has 0 heterocycles. The van der Waals surface area contributed by atoms with E-state index in [1.54, 1.807) is 12.3 Å². The summed E-state index contributed by atoms with van der Waals surface area (Å²) in [5, 5.41) is 0. The van der Waals surface area contributed by atoms with Gasteiger partial charge in [0.25, 0.3) is 0 Å². The van der Waals surface area contributed by atoms with Crippen LogP contribution in [0.5, 0.6) is 0 Å². The molecule has 1 aromatic rings. The van der Waals surface area contributed by atoms with Gasteiger partial charge in [-0.05, 0) is 50.0 Å². The summed E-state index contributed by atoms with van der Waals surface area (Å²) in [6.07, 6.45) is 2.48. The molecule has 0 aliphatic rings. The predicted molar refractivity (Wildman–Crippen MR) is 77.3 cm³/mol. The van der Waals surface area contributed by atoms with Crippen LogP contribution in [0, 0.1) is 12.7 Å². The number of hydrogen-bond acceptors (Lipinski definition) is 1. The topological polar surface area (TPSA) is 12.4 Å². The smallest absolute Gasteiger partial charge is 0.131 e. The zero-order chi connectivity index (χ0) is 13.7. The summed E-state index contributed by atoms with van der Waals surface area (Å²) in [4.78, 5) is 4.32. The maximum atomic E-state index is 13.9. The number of allylic oxidation sites excluding steroid dienone is 2. The average molecular weight is 245 g/mol. The van der Waals surface area contributed by atoms with Crippen molar-refractivity contribution in [2.45, 2.75) is 34.1 Å². The number of nitrogens with zero attached hydrogens (tertiary/aromatic N) is 1. The first-order valence-corrected chi connectivity index (χ1v) is 6.11. The van der Waals surface area contributed by atoms with E-state index in [1.165, 1.54) is 0 Å². The molecule has 96 valence electrons. The highest BCUT2D eigenvalue weighted by molar-refractivity contribution is 5.97. The van der Waals surface area contributed by atoms with Crippen molar-refractivity contribution >= 4 is 11.3 Å². The first-order valence-electron chi connectivity index (χ1n) is 6.11. The molecular formula is C16H20FN.